The molecular weight excluding hydrogens is 399 g/mol. The topological polar surface area (TPSA) is 35.6 Å². The van der Waals surface area contributed by atoms with Gasteiger partial charge in [-0.2, -0.15) is 18.2 Å². The molecule has 2 heterocycles. The Labute approximate surface area is 180 Å². The van der Waals surface area contributed by atoms with Crippen molar-refractivity contribution in [1.29, 1.82) is 0 Å². The molecule has 2 aromatic carbocycles. The van der Waals surface area contributed by atoms with Gasteiger partial charge in [0, 0.05) is 77.0 Å². The number of anilines is 2. The van der Waals surface area contributed by atoms with Gasteiger partial charge in [-0.3, -0.25) is 4.79 Å². The number of nitrogens with zero attached hydrogens (tertiary/aromatic N) is 2. The third-order valence-electron chi connectivity index (χ3n) is 5.24. The van der Waals surface area contributed by atoms with Crippen molar-refractivity contribution >= 4 is 17.3 Å². The second-order valence-electron chi connectivity index (χ2n) is 6.80. The first-order chi connectivity index (χ1) is 12.3. The summed E-state index contributed by atoms with van der Waals surface area (Å²) in [7, 11) is 0. The van der Waals surface area contributed by atoms with Crippen LogP contribution in [0.4, 0.5) is 11.4 Å². The van der Waals surface area contributed by atoms with Gasteiger partial charge in [0.25, 0.3) is 0 Å². The summed E-state index contributed by atoms with van der Waals surface area (Å²) in [5.41, 5.74) is 3.58. The van der Waals surface area contributed by atoms with E-state index in [4.69, 9.17) is 0 Å². The van der Waals surface area contributed by atoms with Crippen LogP contribution in [0.25, 0.3) is 0 Å². The number of hydrogen-bond donors (Lipinski definition) is 1. The zero-order valence-electron chi connectivity index (χ0n) is 15.0. The minimum Gasteiger partial charge on any atom is -0.369 e. The van der Waals surface area contributed by atoms with Crippen LogP contribution in [0.1, 0.15) is 12.0 Å². The summed E-state index contributed by atoms with van der Waals surface area (Å²) >= 11 is 0. The maximum atomic E-state index is 12.9. The monoisotopic (exact) mass is 423 g/mol. The summed E-state index contributed by atoms with van der Waals surface area (Å²) in [4.78, 5) is 17.3. The van der Waals surface area contributed by atoms with Gasteiger partial charge in [0.2, 0.25) is 5.91 Å². The number of hydrogen-bond acceptors (Lipinski definition) is 3. The molecule has 5 heteroatoms. The molecule has 0 bridgehead atoms. The Morgan fingerprint density at radius 3 is 2.54 bits per heavy atom. The molecule has 2 saturated heterocycles. The number of amides is 1. The molecule has 26 heavy (non-hydrogen) atoms. The summed E-state index contributed by atoms with van der Waals surface area (Å²) in [5, 5.41) is 3.40. The molecule has 1 amide bonds. The molecule has 2 fully saturated rings. The Hall–Kier alpha value is -1.23. The molecule has 0 spiro atoms. The molecule has 1 N–H and O–H groups in total. The number of nitrogens with one attached hydrogen (secondary N) is 1. The molecule has 2 aliphatic rings. The predicted molar refractivity (Wildman–Crippen MR) is 101 cm³/mol. The van der Waals surface area contributed by atoms with Crippen molar-refractivity contribution in [3.63, 3.8) is 0 Å². The fourth-order valence-corrected chi connectivity index (χ4v) is 3.91. The van der Waals surface area contributed by atoms with Crippen LogP contribution in [0.3, 0.4) is 0 Å². The second-order valence-corrected chi connectivity index (χ2v) is 6.80. The molecule has 0 aromatic heterocycles. The number of carbonyl (C=O) groups excluding carboxylic acids is 1. The molecule has 2 aliphatic heterocycles. The van der Waals surface area contributed by atoms with Crippen LogP contribution in [0, 0.1) is 12.0 Å². The number of benzene rings is 2. The number of para-hydroxylation sites is 1. The van der Waals surface area contributed by atoms with Gasteiger partial charge in [-0.15, -0.1) is 12.1 Å². The Balaban J connectivity index is 0.00000196. The van der Waals surface area contributed by atoms with Crippen LogP contribution < -0.4 is 15.1 Å². The molecule has 133 valence electrons. The zero-order valence-corrected chi connectivity index (χ0v) is 17.9. The Morgan fingerprint density at radius 1 is 1.04 bits per heavy atom. The van der Waals surface area contributed by atoms with Crippen LogP contribution in [-0.2, 0) is 43.9 Å². The smallest absolute Gasteiger partial charge is 0.228 e. The van der Waals surface area contributed by atoms with Crippen molar-refractivity contribution in [3.8, 4) is 0 Å². The molecule has 2 aromatic rings. The number of carbonyl (C=O) groups is 1. The largest absolute Gasteiger partial charge is 0.369 e. The molecular formula is C21H24N3OY-. The average Bonchev–Trinajstić information content (AvgIpc) is 3.04. The minimum atomic E-state index is 0. The van der Waals surface area contributed by atoms with Crippen molar-refractivity contribution in [2.24, 2.45) is 5.92 Å². The van der Waals surface area contributed by atoms with Gasteiger partial charge in [-0.05, 0) is 24.5 Å². The van der Waals surface area contributed by atoms with Crippen LogP contribution >= 0.6 is 0 Å². The van der Waals surface area contributed by atoms with Crippen molar-refractivity contribution in [2.45, 2.75) is 12.8 Å². The number of piperazine rings is 1. The van der Waals surface area contributed by atoms with Gasteiger partial charge in [-0.25, -0.2) is 0 Å². The van der Waals surface area contributed by atoms with E-state index < -0.39 is 0 Å². The first-order valence-corrected chi connectivity index (χ1v) is 9.14. The molecule has 4 rings (SSSR count). The minimum absolute atomic E-state index is 0. The number of rotatable bonds is 4. The summed E-state index contributed by atoms with van der Waals surface area (Å²) in [6.45, 7) is 4.92. The van der Waals surface area contributed by atoms with E-state index in [1.807, 2.05) is 29.2 Å². The fraction of sp³-hybridized carbons (Fsp3) is 0.381. The maximum absolute atomic E-state index is 12.9. The van der Waals surface area contributed by atoms with Crippen molar-refractivity contribution in [1.82, 2.24) is 5.32 Å². The van der Waals surface area contributed by atoms with Crippen LogP contribution in [0.2, 0.25) is 0 Å². The summed E-state index contributed by atoms with van der Waals surface area (Å²) in [6, 6.07) is 19.3. The van der Waals surface area contributed by atoms with Crippen LogP contribution in [0.15, 0.2) is 48.5 Å². The van der Waals surface area contributed by atoms with E-state index in [2.05, 4.69) is 40.5 Å². The molecule has 4 nitrogen and oxygen atoms in total. The van der Waals surface area contributed by atoms with Crippen molar-refractivity contribution in [2.75, 3.05) is 42.5 Å². The average molecular weight is 423 g/mol. The van der Waals surface area contributed by atoms with E-state index in [1.54, 1.807) is 0 Å². The standard InChI is InChI=1S/C21H24N3O.Y/c25-21-18(10-13-24(21)19-7-2-1-3-8-19)16-17-6-4-5-9-20(17)23-14-11-22-12-15-23;/h2-9,18,22H,10-16H2;/q-1;/t18-;/m0./s1. The first-order valence-electron chi connectivity index (χ1n) is 9.14. The predicted octanol–water partition coefficient (Wildman–Crippen LogP) is 2.49. The van der Waals surface area contributed by atoms with E-state index >= 15 is 0 Å². The Morgan fingerprint density at radius 2 is 1.77 bits per heavy atom. The zero-order chi connectivity index (χ0) is 17.1. The van der Waals surface area contributed by atoms with Gasteiger partial charge in [0.1, 0.15) is 0 Å². The molecule has 1 radical (unpaired) electrons. The van der Waals surface area contributed by atoms with Gasteiger partial charge in [-0.1, -0.05) is 23.9 Å². The third-order valence-corrected chi connectivity index (χ3v) is 5.24. The van der Waals surface area contributed by atoms with Gasteiger partial charge >= 0.3 is 0 Å². The van der Waals surface area contributed by atoms with Crippen LogP contribution in [-0.4, -0.2) is 38.6 Å². The van der Waals surface area contributed by atoms with Gasteiger partial charge in [0.15, 0.2) is 0 Å². The molecule has 0 saturated carbocycles. The van der Waals surface area contributed by atoms with Crippen LogP contribution in [0.5, 0.6) is 0 Å². The normalized spacial score (nSPS) is 20.2. The SMILES string of the molecule is O=C1[C@H](Cc2ccccc2N2CCNCC2)CCN1c1cc[c-]cc1.[Y]. The van der Waals surface area contributed by atoms with E-state index in [9.17, 15) is 4.79 Å². The molecule has 0 unspecified atom stereocenters. The van der Waals surface area contributed by atoms with E-state index in [-0.39, 0.29) is 44.5 Å². The fourth-order valence-electron chi connectivity index (χ4n) is 3.91. The second kappa shape index (κ2) is 9.12. The summed E-state index contributed by atoms with van der Waals surface area (Å²) < 4.78 is 0. The molecule has 0 aliphatic carbocycles. The summed E-state index contributed by atoms with van der Waals surface area (Å²) in [6.07, 6.45) is 1.75. The third kappa shape index (κ3) is 4.19. The van der Waals surface area contributed by atoms with E-state index in [1.165, 1.54) is 11.3 Å². The Bertz CT molecular complexity index is 731. The maximum Gasteiger partial charge on any atom is 0.228 e. The van der Waals surface area contributed by atoms with E-state index in [0.717, 1.165) is 51.3 Å². The quantitative estimate of drug-likeness (QED) is 0.768. The molecule has 1 atom stereocenters. The van der Waals surface area contributed by atoms with Crippen molar-refractivity contribution < 1.29 is 37.5 Å². The van der Waals surface area contributed by atoms with Crippen molar-refractivity contribution in [3.05, 3.63) is 60.2 Å². The van der Waals surface area contributed by atoms with E-state index in [0.29, 0.717) is 0 Å². The Kier molecular flexibility index (Phi) is 6.85. The van der Waals surface area contributed by atoms with Gasteiger partial charge < -0.3 is 15.1 Å². The van der Waals surface area contributed by atoms with Gasteiger partial charge in [0.05, 0.1) is 0 Å². The summed E-state index contributed by atoms with van der Waals surface area (Å²) in [5.74, 6) is 0.328. The first kappa shape index (κ1) is 19.5.